The lowest BCUT2D eigenvalue weighted by atomic mass is 10.1. The number of aromatic nitrogens is 1. The zero-order chi connectivity index (χ0) is 19.9. The molecule has 0 aliphatic carbocycles. The molecule has 1 amide bonds. The Morgan fingerprint density at radius 3 is 2.50 bits per heavy atom. The number of thiazole rings is 1. The lowest BCUT2D eigenvalue weighted by Crippen LogP contribution is -2.07. The predicted molar refractivity (Wildman–Crippen MR) is 111 cm³/mol. The van der Waals surface area contributed by atoms with Crippen molar-refractivity contribution < 1.29 is 19.0 Å². The fourth-order valence-corrected chi connectivity index (χ4v) is 3.30. The number of benzene rings is 2. The second kappa shape index (κ2) is 9.05. The molecular formula is C21H20N2O4S. The van der Waals surface area contributed by atoms with Gasteiger partial charge in [-0.3, -0.25) is 10.1 Å². The summed E-state index contributed by atoms with van der Waals surface area (Å²) in [6.07, 6.45) is 3.16. The van der Waals surface area contributed by atoms with Gasteiger partial charge < -0.3 is 14.2 Å². The number of carbonyl (C=O) groups is 1. The van der Waals surface area contributed by atoms with Crippen LogP contribution in [0.25, 0.3) is 17.3 Å². The van der Waals surface area contributed by atoms with Crippen molar-refractivity contribution in [3.05, 3.63) is 59.5 Å². The van der Waals surface area contributed by atoms with Crippen LogP contribution in [0, 0.1) is 0 Å². The van der Waals surface area contributed by atoms with Crippen molar-refractivity contribution in [3.63, 3.8) is 0 Å². The number of amides is 1. The van der Waals surface area contributed by atoms with Crippen LogP contribution in [0.2, 0.25) is 0 Å². The standard InChI is InChI=1S/C21H20N2O4S/c1-25-17-7-5-4-6-14(17)9-11-20(24)23-21-22-16(13-28-21)15-8-10-18(26-2)19(12-15)27-3/h4-13H,1-3H3,(H,22,23,24)/b11-9+. The Morgan fingerprint density at radius 2 is 1.75 bits per heavy atom. The number of hydrogen-bond acceptors (Lipinski definition) is 6. The van der Waals surface area contributed by atoms with Crippen LogP contribution in [0.4, 0.5) is 5.13 Å². The Hall–Kier alpha value is -3.32. The summed E-state index contributed by atoms with van der Waals surface area (Å²) in [5.74, 6) is 1.71. The Labute approximate surface area is 167 Å². The summed E-state index contributed by atoms with van der Waals surface area (Å²) in [7, 11) is 4.77. The number of methoxy groups -OCH3 is 3. The number of para-hydroxylation sites is 1. The fraction of sp³-hybridized carbons (Fsp3) is 0.143. The molecule has 0 radical (unpaired) electrons. The van der Waals surface area contributed by atoms with Crippen molar-refractivity contribution in [2.45, 2.75) is 0 Å². The van der Waals surface area contributed by atoms with Gasteiger partial charge in [-0.1, -0.05) is 18.2 Å². The van der Waals surface area contributed by atoms with E-state index in [0.717, 1.165) is 16.8 Å². The first kappa shape index (κ1) is 19.4. The molecule has 28 heavy (non-hydrogen) atoms. The summed E-state index contributed by atoms with van der Waals surface area (Å²) in [6.45, 7) is 0. The van der Waals surface area contributed by atoms with Gasteiger partial charge in [0.1, 0.15) is 5.75 Å². The highest BCUT2D eigenvalue weighted by atomic mass is 32.1. The van der Waals surface area contributed by atoms with Crippen LogP contribution >= 0.6 is 11.3 Å². The summed E-state index contributed by atoms with van der Waals surface area (Å²) < 4.78 is 15.8. The lowest BCUT2D eigenvalue weighted by molar-refractivity contribution is -0.111. The minimum atomic E-state index is -0.265. The topological polar surface area (TPSA) is 69.7 Å². The van der Waals surface area contributed by atoms with Gasteiger partial charge in [0.2, 0.25) is 5.91 Å². The third-order valence-corrected chi connectivity index (χ3v) is 4.72. The van der Waals surface area contributed by atoms with Crippen molar-refractivity contribution in [2.75, 3.05) is 26.6 Å². The maximum Gasteiger partial charge on any atom is 0.250 e. The zero-order valence-electron chi connectivity index (χ0n) is 15.8. The molecule has 2 aromatic carbocycles. The summed E-state index contributed by atoms with van der Waals surface area (Å²) in [5.41, 5.74) is 2.44. The van der Waals surface area contributed by atoms with Gasteiger partial charge in [-0.25, -0.2) is 4.98 Å². The van der Waals surface area contributed by atoms with Crippen LogP contribution in [-0.2, 0) is 4.79 Å². The van der Waals surface area contributed by atoms with E-state index in [4.69, 9.17) is 14.2 Å². The molecule has 6 nitrogen and oxygen atoms in total. The number of nitrogens with one attached hydrogen (secondary N) is 1. The van der Waals surface area contributed by atoms with Crippen LogP contribution < -0.4 is 19.5 Å². The Kier molecular flexibility index (Phi) is 6.29. The number of anilines is 1. The smallest absolute Gasteiger partial charge is 0.250 e. The molecule has 0 bridgehead atoms. The minimum Gasteiger partial charge on any atom is -0.496 e. The molecule has 7 heteroatoms. The monoisotopic (exact) mass is 396 g/mol. The highest BCUT2D eigenvalue weighted by Gasteiger charge is 2.10. The molecule has 1 aromatic heterocycles. The van der Waals surface area contributed by atoms with Crippen molar-refractivity contribution in [2.24, 2.45) is 0 Å². The third-order valence-electron chi connectivity index (χ3n) is 3.97. The van der Waals surface area contributed by atoms with E-state index < -0.39 is 0 Å². The molecular weight excluding hydrogens is 376 g/mol. The first-order valence-corrected chi connectivity index (χ1v) is 9.32. The molecule has 3 rings (SSSR count). The molecule has 144 valence electrons. The quantitative estimate of drug-likeness (QED) is 0.596. The van der Waals surface area contributed by atoms with Crippen molar-refractivity contribution in [1.29, 1.82) is 0 Å². The number of hydrogen-bond donors (Lipinski definition) is 1. The van der Waals surface area contributed by atoms with Gasteiger partial charge in [0, 0.05) is 22.6 Å². The normalized spacial score (nSPS) is 10.7. The summed E-state index contributed by atoms with van der Waals surface area (Å²) in [4.78, 5) is 16.7. The first-order chi connectivity index (χ1) is 13.6. The van der Waals surface area contributed by atoms with Gasteiger partial charge in [0.15, 0.2) is 16.6 Å². The van der Waals surface area contributed by atoms with Crippen LogP contribution in [0.3, 0.4) is 0 Å². The number of nitrogens with zero attached hydrogens (tertiary/aromatic N) is 1. The van der Waals surface area contributed by atoms with E-state index in [-0.39, 0.29) is 5.91 Å². The minimum absolute atomic E-state index is 0.265. The number of rotatable bonds is 7. The van der Waals surface area contributed by atoms with Gasteiger partial charge in [-0.05, 0) is 30.3 Å². The van der Waals surface area contributed by atoms with E-state index in [0.29, 0.717) is 22.4 Å². The van der Waals surface area contributed by atoms with Crippen LogP contribution in [0.15, 0.2) is 53.9 Å². The molecule has 1 N–H and O–H groups in total. The molecule has 0 spiro atoms. The van der Waals surface area contributed by atoms with E-state index in [1.165, 1.54) is 17.4 Å². The molecule has 0 atom stereocenters. The van der Waals surface area contributed by atoms with E-state index in [1.807, 2.05) is 47.8 Å². The van der Waals surface area contributed by atoms with E-state index >= 15 is 0 Å². The second-order valence-electron chi connectivity index (χ2n) is 5.67. The van der Waals surface area contributed by atoms with E-state index in [1.54, 1.807) is 27.4 Å². The van der Waals surface area contributed by atoms with Crippen molar-refractivity contribution in [1.82, 2.24) is 4.98 Å². The third kappa shape index (κ3) is 4.50. The second-order valence-corrected chi connectivity index (χ2v) is 6.53. The molecule has 0 aliphatic rings. The SMILES string of the molecule is COc1ccccc1/C=C/C(=O)Nc1nc(-c2ccc(OC)c(OC)c2)cs1. The first-order valence-electron chi connectivity index (χ1n) is 8.44. The summed E-state index contributed by atoms with van der Waals surface area (Å²) in [6, 6.07) is 13.0. The molecule has 0 unspecified atom stereocenters. The molecule has 0 saturated heterocycles. The number of ether oxygens (including phenoxy) is 3. The lowest BCUT2D eigenvalue weighted by Gasteiger charge is -2.08. The fourth-order valence-electron chi connectivity index (χ4n) is 2.58. The average molecular weight is 396 g/mol. The average Bonchev–Trinajstić information content (AvgIpc) is 3.20. The van der Waals surface area contributed by atoms with Crippen LogP contribution in [0.1, 0.15) is 5.56 Å². The molecule has 1 heterocycles. The Morgan fingerprint density at radius 1 is 1.00 bits per heavy atom. The van der Waals surface area contributed by atoms with E-state index in [2.05, 4.69) is 10.3 Å². The zero-order valence-corrected chi connectivity index (χ0v) is 16.6. The van der Waals surface area contributed by atoms with Gasteiger partial charge >= 0.3 is 0 Å². The van der Waals surface area contributed by atoms with Gasteiger partial charge in [-0.15, -0.1) is 11.3 Å². The molecule has 0 aliphatic heterocycles. The van der Waals surface area contributed by atoms with Gasteiger partial charge in [0.05, 0.1) is 27.0 Å². The summed E-state index contributed by atoms with van der Waals surface area (Å²) >= 11 is 1.35. The summed E-state index contributed by atoms with van der Waals surface area (Å²) in [5, 5.41) is 5.17. The van der Waals surface area contributed by atoms with Crippen molar-refractivity contribution >= 4 is 28.5 Å². The van der Waals surface area contributed by atoms with Crippen LogP contribution in [0.5, 0.6) is 17.2 Å². The maximum atomic E-state index is 12.2. The maximum absolute atomic E-state index is 12.2. The Bertz CT molecular complexity index is 998. The molecule has 0 saturated carbocycles. The van der Waals surface area contributed by atoms with Gasteiger partial charge in [-0.2, -0.15) is 0 Å². The molecule has 0 fully saturated rings. The predicted octanol–water partition coefficient (Wildman–Crippen LogP) is 4.49. The highest BCUT2D eigenvalue weighted by Crippen LogP contribution is 2.33. The van der Waals surface area contributed by atoms with Crippen LogP contribution in [-0.4, -0.2) is 32.2 Å². The van der Waals surface area contributed by atoms with Gasteiger partial charge in [0.25, 0.3) is 0 Å². The van der Waals surface area contributed by atoms with Crippen molar-refractivity contribution in [3.8, 4) is 28.5 Å². The highest BCUT2D eigenvalue weighted by molar-refractivity contribution is 7.14. The number of carbonyl (C=O) groups excluding carboxylic acids is 1. The Balaban J connectivity index is 1.71. The molecule has 3 aromatic rings. The largest absolute Gasteiger partial charge is 0.496 e. The van der Waals surface area contributed by atoms with E-state index in [9.17, 15) is 4.79 Å².